The van der Waals surface area contributed by atoms with Crippen LogP contribution in [0.4, 0.5) is 0 Å². The van der Waals surface area contributed by atoms with Gasteiger partial charge in [-0.15, -0.1) is 0 Å². The van der Waals surface area contributed by atoms with E-state index in [4.69, 9.17) is 41.4 Å². The van der Waals surface area contributed by atoms with Crippen LogP contribution in [0.5, 0.6) is 28.7 Å². The van der Waals surface area contributed by atoms with Gasteiger partial charge in [-0.3, -0.25) is 28.2 Å². The van der Waals surface area contributed by atoms with Gasteiger partial charge in [0, 0.05) is 78.6 Å². The summed E-state index contributed by atoms with van der Waals surface area (Å²) in [4.78, 5) is 29.9. The number of para-hydroxylation sites is 7. The summed E-state index contributed by atoms with van der Waals surface area (Å²) in [6.07, 6.45) is 6.86. The number of methoxy groups -OCH3 is 1. The molecule has 23 nitrogen and oxygen atoms in total. The Labute approximate surface area is 839 Å². The molecule has 27 heteroatoms. The smallest absolute Gasteiger partial charge is 0.339 e. The molecule has 0 spiro atoms. The first-order chi connectivity index (χ1) is 71.1. The molecule has 6 heterocycles. The van der Waals surface area contributed by atoms with Crippen molar-refractivity contribution in [2.45, 2.75) is 29.9 Å². The number of hydrogen-bond donors (Lipinski definition) is 0. The predicted octanol–water partition coefficient (Wildman–Crippen LogP) is 26.4. The maximum absolute atomic E-state index is 13.4. The Hall–Kier alpha value is -17.8. The van der Waals surface area contributed by atoms with E-state index in [1.807, 2.05) is 266 Å². The maximum atomic E-state index is 13.4. The Balaban J connectivity index is 0.000000108. The summed E-state index contributed by atoms with van der Waals surface area (Å²) in [5.74, 6) is 3.99. The van der Waals surface area contributed by atoms with Crippen molar-refractivity contribution in [1.82, 2.24) is 48.2 Å². The highest BCUT2D eigenvalue weighted by Crippen LogP contribution is 2.49. The molecule has 714 valence electrons. The number of pyridine rings is 2. The zero-order chi connectivity index (χ0) is 99.7. The number of aromatic nitrogens is 10. The third-order valence-corrected chi connectivity index (χ3v) is 29.7. The molecule has 1 saturated carbocycles. The van der Waals surface area contributed by atoms with Crippen LogP contribution in [-0.2, 0) is 40.5 Å². The standard InChI is InChI=1S/C35H26N2O4S.C30H22N2O3S.C28H20N2O3S.C26H18N4O3S/c1-23-18-20-26(21-19-23)42(38,39)41-32-17-8-7-16-31(32)35-36-33-29-14-5-3-12-27(29)28-13-4-6-15-30(28)34(33)37(35)24-10-9-11-25(22-24)40-2;33-36(34,21-18-19-21)35-27-17-9-8-16-26(27)30-31-28-24-14-6-4-12-22(24)23-13-5-7-15-25(23)29(28)32(30)20-10-2-1-3-11-20;1-34(31,32)33-25-18-10-9-17-24(25)28-29-26-22-15-7-5-13-20(22)21-14-6-8-16-23(21)27(26)30(28)19-11-3-2-4-12-19;1-34(31,32)33-21-14-6-5-11-18(21)26-29-24-19-12-7-15-27-22(19)23-20(13-8-16-28-23)25(24)30(26)17-9-3-2-4-10-17/h3-22H,1-2H3;1-17,21H,18-19H2;2-18H,1H3;2-16H,1H3. The number of benzene rings is 19. The van der Waals surface area contributed by atoms with Crippen molar-refractivity contribution < 1.29 is 55.1 Å². The largest absolute Gasteiger partial charge is 0.497 e. The fourth-order valence-corrected chi connectivity index (χ4v) is 22.5. The van der Waals surface area contributed by atoms with Gasteiger partial charge in [0.15, 0.2) is 23.0 Å². The van der Waals surface area contributed by atoms with Crippen molar-refractivity contribution in [3.63, 3.8) is 0 Å². The number of ether oxygens (including phenoxy) is 1. The van der Waals surface area contributed by atoms with Gasteiger partial charge in [-0.05, 0) is 186 Å². The molecule has 0 radical (unpaired) electrons. The van der Waals surface area contributed by atoms with E-state index >= 15 is 0 Å². The summed E-state index contributed by atoms with van der Waals surface area (Å²) in [5.41, 5.74) is 15.4. The summed E-state index contributed by atoms with van der Waals surface area (Å²) in [5, 5.41) is 14.3. The Morgan fingerprint density at radius 2 is 0.541 bits per heavy atom. The van der Waals surface area contributed by atoms with E-state index in [1.54, 1.807) is 92.3 Å². The fourth-order valence-electron chi connectivity index (χ4n) is 19.4. The SMILES string of the molecule is COc1cccc(-n2c(-c3ccccc3OS(=O)(=O)c3ccc(C)cc3)nc3c4ccccc4c4ccccc4c32)c1.CS(=O)(=O)Oc1ccccc1-c1nc2c3ccccc3c3ccccc3c2n1-c1ccccc1.CS(=O)(=O)Oc1ccccc1-c1nc2c3cccnc3c3ncccc3c2n1-c1ccccc1.O=S(=O)(Oc1ccccc1-c1nc2c3ccccc3c3ccccc3c2n1-c1ccccc1)C1CC1. The lowest BCUT2D eigenvalue weighted by Gasteiger charge is -2.15. The molecule has 0 unspecified atom stereocenters. The van der Waals surface area contributed by atoms with Gasteiger partial charge in [0.1, 0.15) is 33.9 Å². The number of hydrogen-bond acceptors (Lipinski definition) is 19. The van der Waals surface area contributed by atoms with Crippen molar-refractivity contribution in [2.24, 2.45) is 0 Å². The van der Waals surface area contributed by atoms with E-state index in [2.05, 4.69) is 103 Å². The van der Waals surface area contributed by atoms with E-state index in [0.717, 1.165) is 171 Å². The maximum Gasteiger partial charge on any atom is 0.339 e. The van der Waals surface area contributed by atoms with E-state index in [9.17, 15) is 33.7 Å². The summed E-state index contributed by atoms with van der Waals surface area (Å²) >= 11 is 0. The van der Waals surface area contributed by atoms with Gasteiger partial charge in [0.05, 0.1) is 108 Å². The minimum Gasteiger partial charge on any atom is -0.497 e. The number of imidazole rings is 4. The van der Waals surface area contributed by atoms with Crippen LogP contribution in [0.25, 0.3) is 199 Å². The van der Waals surface area contributed by atoms with Gasteiger partial charge >= 0.3 is 40.5 Å². The lowest BCUT2D eigenvalue weighted by Crippen LogP contribution is -2.15. The van der Waals surface area contributed by atoms with Crippen molar-refractivity contribution in [3.05, 3.63) is 424 Å². The van der Waals surface area contributed by atoms with Gasteiger partial charge in [0.2, 0.25) is 0 Å². The second kappa shape index (κ2) is 37.6. The zero-order valence-corrected chi connectivity index (χ0v) is 82.0. The minimum atomic E-state index is -4.11. The Morgan fingerprint density at radius 3 is 0.904 bits per heavy atom. The Morgan fingerprint density at radius 1 is 0.260 bits per heavy atom. The number of rotatable bonds is 19. The van der Waals surface area contributed by atoms with Crippen LogP contribution in [-0.4, -0.2) is 107 Å². The minimum absolute atomic E-state index is 0.0844. The average molecular weight is 1990 g/mol. The lowest BCUT2D eigenvalue weighted by atomic mass is 10.00. The highest BCUT2D eigenvalue weighted by molar-refractivity contribution is 7.88. The molecule has 0 saturated heterocycles. The molecule has 0 aliphatic heterocycles. The molecule has 1 aliphatic carbocycles. The zero-order valence-electron chi connectivity index (χ0n) is 78.7. The first kappa shape index (κ1) is 92.0. The van der Waals surface area contributed by atoms with Crippen LogP contribution in [0.3, 0.4) is 0 Å². The van der Waals surface area contributed by atoms with E-state index in [1.165, 1.54) is 0 Å². The average Bonchev–Trinajstić information content (AvgIpc) is 1.58. The van der Waals surface area contributed by atoms with Crippen molar-refractivity contribution in [2.75, 3.05) is 19.6 Å². The van der Waals surface area contributed by atoms with Gasteiger partial charge in [-0.25, -0.2) is 19.9 Å². The van der Waals surface area contributed by atoms with Crippen LogP contribution in [0.1, 0.15) is 18.4 Å². The highest BCUT2D eigenvalue weighted by Gasteiger charge is 2.39. The van der Waals surface area contributed by atoms with Crippen LogP contribution in [0.15, 0.2) is 424 Å². The molecule has 0 bridgehead atoms. The molecule has 26 rings (SSSR count). The molecule has 1 fully saturated rings. The third kappa shape index (κ3) is 17.2. The van der Waals surface area contributed by atoms with E-state index < -0.39 is 45.7 Å². The number of aryl methyl sites for hydroxylation is 1. The van der Waals surface area contributed by atoms with Crippen LogP contribution in [0, 0.1) is 6.92 Å². The molecule has 0 N–H and O–H groups in total. The molecule has 19 aromatic carbocycles. The topological polar surface area (TPSA) is 280 Å². The highest BCUT2D eigenvalue weighted by atomic mass is 32.2. The second-order valence-corrected chi connectivity index (χ2v) is 41.9. The molecule has 146 heavy (non-hydrogen) atoms. The molecule has 1 aliphatic rings. The van der Waals surface area contributed by atoms with E-state index in [0.29, 0.717) is 69.9 Å². The summed E-state index contributed by atoms with van der Waals surface area (Å²) in [7, 11) is -13.6. The van der Waals surface area contributed by atoms with Crippen molar-refractivity contribution >= 4 is 171 Å². The summed E-state index contributed by atoms with van der Waals surface area (Å²) in [6, 6.07) is 130. The number of nitrogens with zero attached hydrogens (tertiary/aromatic N) is 10. The van der Waals surface area contributed by atoms with Crippen LogP contribution in [0.2, 0.25) is 0 Å². The Kier molecular flexibility index (Phi) is 23.7. The van der Waals surface area contributed by atoms with Gasteiger partial charge < -0.3 is 21.5 Å². The quantitative estimate of drug-likeness (QED) is 0.0537. The molecule has 0 atom stereocenters. The van der Waals surface area contributed by atoms with Gasteiger partial charge in [-0.1, -0.05) is 272 Å². The third-order valence-electron chi connectivity index (χ3n) is 25.8. The monoisotopic (exact) mass is 1990 g/mol. The second-order valence-electron chi connectivity index (χ2n) is 35.3. The van der Waals surface area contributed by atoms with E-state index in [-0.39, 0.29) is 22.1 Å². The number of fused-ring (bicyclic) bond motifs is 24. The first-order valence-corrected chi connectivity index (χ1v) is 53.5. The first-order valence-electron chi connectivity index (χ1n) is 47.0. The summed E-state index contributed by atoms with van der Waals surface area (Å²) < 4.78 is 136. The van der Waals surface area contributed by atoms with Crippen molar-refractivity contribution in [1.29, 1.82) is 0 Å². The molecule has 25 aromatic rings. The molecular formula is C119H86N10O13S4. The normalized spacial score (nSPS) is 12.4. The van der Waals surface area contributed by atoms with Crippen LogP contribution >= 0.6 is 0 Å². The fraction of sp³-hybridized carbons (Fsp3) is 0.0588. The van der Waals surface area contributed by atoms with Crippen LogP contribution < -0.4 is 21.5 Å². The van der Waals surface area contributed by atoms with Crippen molar-refractivity contribution in [3.8, 4) is 97.0 Å². The molecular weight excluding hydrogens is 1910 g/mol. The lowest BCUT2D eigenvalue weighted by molar-refractivity contribution is 0.414. The molecule has 6 aromatic heterocycles. The summed E-state index contributed by atoms with van der Waals surface area (Å²) in [6.45, 7) is 1.91. The van der Waals surface area contributed by atoms with Gasteiger partial charge in [-0.2, -0.15) is 33.7 Å². The van der Waals surface area contributed by atoms with Gasteiger partial charge in [0.25, 0.3) is 0 Å². The predicted molar refractivity (Wildman–Crippen MR) is 581 cm³/mol. The molecule has 0 amide bonds. The Bertz CT molecular complexity index is 9760.